The maximum absolute atomic E-state index is 5.50. The van der Waals surface area contributed by atoms with E-state index in [1.807, 2.05) is 13.1 Å². The van der Waals surface area contributed by atoms with Gasteiger partial charge in [-0.25, -0.2) is 0 Å². The Bertz CT molecular complexity index is 361. The Kier molecular flexibility index (Phi) is 5.02. The normalized spacial score (nSPS) is 18.6. The molecule has 1 atom stereocenters. The van der Waals surface area contributed by atoms with Crippen LogP contribution in [0.1, 0.15) is 24.3 Å². The lowest BCUT2D eigenvalue weighted by Gasteiger charge is -2.31. The summed E-state index contributed by atoms with van der Waals surface area (Å²) in [6.07, 6.45) is 2.29. The van der Waals surface area contributed by atoms with Crippen LogP contribution in [0.3, 0.4) is 0 Å². The van der Waals surface area contributed by atoms with Gasteiger partial charge in [0.2, 0.25) is 0 Å². The molecular formula is C15H23NO2. The zero-order valence-electron chi connectivity index (χ0n) is 11.3. The van der Waals surface area contributed by atoms with Crippen molar-refractivity contribution in [3.05, 3.63) is 29.8 Å². The fourth-order valence-corrected chi connectivity index (χ4v) is 2.84. The number of nitrogens with one attached hydrogen (secondary N) is 1. The van der Waals surface area contributed by atoms with Gasteiger partial charge in [0.1, 0.15) is 5.75 Å². The predicted molar refractivity (Wildman–Crippen MR) is 73.2 cm³/mol. The van der Waals surface area contributed by atoms with Gasteiger partial charge < -0.3 is 14.8 Å². The molecule has 0 spiro atoms. The second-order valence-electron chi connectivity index (χ2n) is 4.86. The molecule has 0 saturated carbocycles. The van der Waals surface area contributed by atoms with Crippen molar-refractivity contribution in [3.8, 4) is 5.75 Å². The van der Waals surface area contributed by atoms with Crippen LogP contribution in [0.2, 0.25) is 0 Å². The summed E-state index contributed by atoms with van der Waals surface area (Å²) in [5.74, 6) is 2.20. The zero-order chi connectivity index (χ0) is 12.8. The molecule has 1 fully saturated rings. The van der Waals surface area contributed by atoms with Gasteiger partial charge in [0.15, 0.2) is 0 Å². The number of benzene rings is 1. The van der Waals surface area contributed by atoms with Gasteiger partial charge >= 0.3 is 0 Å². The summed E-state index contributed by atoms with van der Waals surface area (Å²) in [5.41, 5.74) is 1.32. The highest BCUT2D eigenvalue weighted by Gasteiger charge is 2.26. The summed E-state index contributed by atoms with van der Waals surface area (Å²) in [5, 5.41) is 3.32. The van der Waals surface area contributed by atoms with Gasteiger partial charge in [-0.1, -0.05) is 18.2 Å². The predicted octanol–water partition coefficient (Wildman–Crippen LogP) is 2.42. The van der Waals surface area contributed by atoms with E-state index in [-0.39, 0.29) is 0 Å². The lowest BCUT2D eigenvalue weighted by molar-refractivity contribution is 0.0576. The molecule has 0 aliphatic carbocycles. The molecular weight excluding hydrogens is 226 g/mol. The lowest BCUT2D eigenvalue weighted by atomic mass is 9.81. The Morgan fingerprint density at radius 3 is 2.72 bits per heavy atom. The Hall–Kier alpha value is -1.06. The van der Waals surface area contributed by atoms with Gasteiger partial charge in [0.25, 0.3) is 0 Å². The molecule has 0 aromatic heterocycles. The Morgan fingerprint density at radius 1 is 1.33 bits per heavy atom. The summed E-state index contributed by atoms with van der Waals surface area (Å²) in [4.78, 5) is 0. The van der Waals surface area contributed by atoms with Gasteiger partial charge in [-0.2, -0.15) is 0 Å². The minimum absolute atomic E-state index is 0.509. The molecule has 1 aromatic rings. The molecule has 0 amide bonds. The first kappa shape index (κ1) is 13.4. The Balaban J connectivity index is 2.22. The highest BCUT2D eigenvalue weighted by atomic mass is 16.5. The number of hydrogen-bond donors (Lipinski definition) is 1. The van der Waals surface area contributed by atoms with Crippen molar-refractivity contribution in [2.75, 3.05) is 33.9 Å². The Labute approximate surface area is 109 Å². The zero-order valence-corrected chi connectivity index (χ0v) is 11.3. The first-order valence-electron chi connectivity index (χ1n) is 6.72. The van der Waals surface area contributed by atoms with Gasteiger partial charge in [0.05, 0.1) is 7.11 Å². The fraction of sp³-hybridized carbons (Fsp3) is 0.600. The lowest BCUT2D eigenvalue weighted by Crippen LogP contribution is -2.29. The minimum atomic E-state index is 0.509. The molecule has 100 valence electrons. The van der Waals surface area contributed by atoms with Crippen molar-refractivity contribution < 1.29 is 9.47 Å². The number of likely N-dealkylation sites (N-methyl/N-ethyl adjacent to an activating group) is 1. The topological polar surface area (TPSA) is 30.5 Å². The van der Waals surface area contributed by atoms with E-state index in [0.717, 1.165) is 38.3 Å². The smallest absolute Gasteiger partial charge is 0.122 e. The van der Waals surface area contributed by atoms with Crippen molar-refractivity contribution in [2.24, 2.45) is 5.92 Å². The maximum Gasteiger partial charge on any atom is 0.122 e. The first-order chi connectivity index (χ1) is 8.86. The number of rotatable bonds is 5. The SMILES string of the molecule is CNCC(c1ccccc1OC)C1CCOCC1. The molecule has 2 rings (SSSR count). The van der Waals surface area contributed by atoms with Crippen LogP contribution in [0.25, 0.3) is 0 Å². The van der Waals surface area contributed by atoms with Crippen molar-refractivity contribution >= 4 is 0 Å². The molecule has 3 heteroatoms. The van der Waals surface area contributed by atoms with Gasteiger partial charge in [-0.3, -0.25) is 0 Å². The van der Waals surface area contributed by atoms with Crippen LogP contribution in [-0.2, 0) is 4.74 Å². The van der Waals surface area contributed by atoms with Crippen molar-refractivity contribution in [1.82, 2.24) is 5.32 Å². The fourth-order valence-electron chi connectivity index (χ4n) is 2.84. The van der Waals surface area contributed by atoms with Crippen molar-refractivity contribution in [2.45, 2.75) is 18.8 Å². The van der Waals surface area contributed by atoms with Crippen molar-refractivity contribution in [1.29, 1.82) is 0 Å². The summed E-state index contributed by atoms with van der Waals surface area (Å²) < 4.78 is 11.0. The van der Waals surface area contributed by atoms with E-state index in [1.165, 1.54) is 5.56 Å². The summed E-state index contributed by atoms with van der Waals surface area (Å²) in [6.45, 7) is 2.77. The second-order valence-corrected chi connectivity index (χ2v) is 4.86. The van der Waals surface area contributed by atoms with E-state index in [1.54, 1.807) is 7.11 Å². The quantitative estimate of drug-likeness (QED) is 0.869. The molecule has 1 N–H and O–H groups in total. The summed E-state index contributed by atoms with van der Waals surface area (Å²) in [6, 6.07) is 8.37. The average molecular weight is 249 g/mol. The number of ether oxygens (including phenoxy) is 2. The van der Waals surface area contributed by atoms with Crippen LogP contribution < -0.4 is 10.1 Å². The summed E-state index contributed by atoms with van der Waals surface area (Å²) >= 11 is 0. The van der Waals surface area contributed by atoms with Gasteiger partial charge in [-0.15, -0.1) is 0 Å². The number of para-hydroxylation sites is 1. The standard InChI is InChI=1S/C15H23NO2/c1-16-11-14(12-7-9-18-10-8-12)13-5-3-4-6-15(13)17-2/h3-6,12,14,16H,7-11H2,1-2H3. The molecule has 0 radical (unpaired) electrons. The second kappa shape index (κ2) is 6.76. The molecule has 18 heavy (non-hydrogen) atoms. The van der Waals surface area contributed by atoms with E-state index in [4.69, 9.17) is 9.47 Å². The third-order valence-corrected chi connectivity index (χ3v) is 3.80. The van der Waals surface area contributed by atoms with E-state index < -0.39 is 0 Å². The number of methoxy groups -OCH3 is 1. The summed E-state index contributed by atoms with van der Waals surface area (Å²) in [7, 11) is 3.76. The Morgan fingerprint density at radius 2 is 2.06 bits per heavy atom. The largest absolute Gasteiger partial charge is 0.496 e. The van der Waals surface area contributed by atoms with Crippen LogP contribution in [-0.4, -0.2) is 33.9 Å². The molecule has 1 saturated heterocycles. The molecule has 0 bridgehead atoms. The first-order valence-corrected chi connectivity index (χ1v) is 6.72. The minimum Gasteiger partial charge on any atom is -0.496 e. The maximum atomic E-state index is 5.50. The van der Waals surface area contributed by atoms with Gasteiger partial charge in [0, 0.05) is 25.7 Å². The number of hydrogen-bond acceptors (Lipinski definition) is 3. The van der Waals surface area contributed by atoms with Crippen LogP contribution in [0, 0.1) is 5.92 Å². The molecule has 1 unspecified atom stereocenters. The third-order valence-electron chi connectivity index (χ3n) is 3.80. The van der Waals surface area contributed by atoms with E-state index >= 15 is 0 Å². The van der Waals surface area contributed by atoms with Crippen molar-refractivity contribution in [3.63, 3.8) is 0 Å². The van der Waals surface area contributed by atoms with Crippen LogP contribution in [0.15, 0.2) is 24.3 Å². The van der Waals surface area contributed by atoms with E-state index in [9.17, 15) is 0 Å². The highest BCUT2D eigenvalue weighted by molar-refractivity contribution is 5.37. The van der Waals surface area contributed by atoms with E-state index in [0.29, 0.717) is 11.8 Å². The molecule has 1 aliphatic heterocycles. The monoisotopic (exact) mass is 249 g/mol. The van der Waals surface area contributed by atoms with Gasteiger partial charge in [-0.05, 0) is 37.4 Å². The average Bonchev–Trinajstić information content (AvgIpc) is 2.46. The molecule has 3 nitrogen and oxygen atoms in total. The van der Waals surface area contributed by atoms with Crippen LogP contribution in [0.5, 0.6) is 5.75 Å². The van der Waals surface area contributed by atoms with Crippen LogP contribution >= 0.6 is 0 Å². The third kappa shape index (κ3) is 3.03. The molecule has 1 aromatic carbocycles. The van der Waals surface area contributed by atoms with Crippen LogP contribution in [0.4, 0.5) is 0 Å². The molecule has 1 heterocycles. The molecule has 1 aliphatic rings. The van der Waals surface area contributed by atoms with E-state index in [2.05, 4.69) is 23.5 Å². The highest BCUT2D eigenvalue weighted by Crippen LogP contribution is 2.36.